The second-order valence-corrected chi connectivity index (χ2v) is 10.5. The highest BCUT2D eigenvalue weighted by atomic mass is 35.5. The molecule has 0 saturated carbocycles. The summed E-state index contributed by atoms with van der Waals surface area (Å²) in [5.74, 6) is 1.54. The number of halogens is 1. The quantitative estimate of drug-likeness (QED) is 0.262. The summed E-state index contributed by atoms with van der Waals surface area (Å²) in [6, 6.07) is 17.6. The summed E-state index contributed by atoms with van der Waals surface area (Å²) in [7, 11) is 3.09. The molecule has 1 aliphatic heterocycles. The first-order valence-corrected chi connectivity index (χ1v) is 13.2. The number of nitrogens with one attached hydrogen (secondary N) is 2. The molecule has 0 amide bonds. The summed E-state index contributed by atoms with van der Waals surface area (Å²) in [5, 5.41) is 5.37. The van der Waals surface area contributed by atoms with E-state index in [0.717, 1.165) is 60.9 Å². The molecule has 4 aromatic rings. The van der Waals surface area contributed by atoms with Gasteiger partial charge < -0.3 is 19.2 Å². The SMILES string of the molecule is COC(=O)[C@@H]1Cc2c([nH]c3ccccc23)C(c2ccc(OC)c(COc3cc(C)c(Cl)cc3C(C)C)c2)N1. The number of methoxy groups -OCH3 is 2. The van der Waals surface area contributed by atoms with Crippen LogP contribution in [-0.4, -0.2) is 31.2 Å². The molecule has 198 valence electrons. The van der Waals surface area contributed by atoms with Gasteiger partial charge in [-0.25, -0.2) is 0 Å². The van der Waals surface area contributed by atoms with Crippen LogP contribution in [0.5, 0.6) is 11.5 Å². The number of hydrogen-bond donors (Lipinski definition) is 2. The standard InChI is InChI=1S/C31H33ClN2O4/c1-17(2)22-14-24(32)18(3)12-28(22)38-16-20-13-19(10-11-27(20)36-4)29-30-23(15-26(34-29)31(35)37-5)21-8-6-7-9-25(21)33-30/h6-14,17,26,29,33-34H,15-16H2,1-5H3/t26-,29?/m0/s1. The Balaban J connectivity index is 1.52. The van der Waals surface area contributed by atoms with Crippen LogP contribution in [-0.2, 0) is 22.6 Å². The third-order valence-electron chi connectivity index (χ3n) is 7.33. The topological polar surface area (TPSA) is 72.6 Å². The van der Waals surface area contributed by atoms with Gasteiger partial charge in [0.05, 0.1) is 20.3 Å². The fourth-order valence-electron chi connectivity index (χ4n) is 5.28. The van der Waals surface area contributed by atoms with Gasteiger partial charge >= 0.3 is 5.97 Å². The van der Waals surface area contributed by atoms with Crippen LogP contribution in [0.25, 0.3) is 10.9 Å². The molecular weight excluding hydrogens is 500 g/mol. The molecule has 6 nitrogen and oxygen atoms in total. The van der Waals surface area contributed by atoms with Gasteiger partial charge in [-0.05, 0) is 65.4 Å². The van der Waals surface area contributed by atoms with Crippen LogP contribution in [0.15, 0.2) is 54.6 Å². The second-order valence-electron chi connectivity index (χ2n) is 10.1. The predicted molar refractivity (Wildman–Crippen MR) is 150 cm³/mol. The summed E-state index contributed by atoms with van der Waals surface area (Å²) < 4.78 is 17.2. The average Bonchev–Trinajstić information content (AvgIpc) is 3.30. The van der Waals surface area contributed by atoms with E-state index in [1.165, 1.54) is 7.11 Å². The Bertz CT molecular complexity index is 1490. The number of para-hydroxylation sites is 1. The monoisotopic (exact) mass is 532 g/mol. The minimum absolute atomic E-state index is 0.232. The maximum absolute atomic E-state index is 12.6. The molecule has 0 radical (unpaired) electrons. The number of carbonyl (C=O) groups excluding carboxylic acids is 1. The Morgan fingerprint density at radius 2 is 1.87 bits per heavy atom. The van der Waals surface area contributed by atoms with Crippen molar-refractivity contribution in [2.24, 2.45) is 0 Å². The first-order chi connectivity index (χ1) is 18.3. The molecule has 0 bridgehead atoms. The van der Waals surface area contributed by atoms with E-state index in [1.54, 1.807) is 7.11 Å². The van der Waals surface area contributed by atoms with Gasteiger partial charge in [0.15, 0.2) is 0 Å². The Hall–Kier alpha value is -3.48. The van der Waals surface area contributed by atoms with Crippen molar-refractivity contribution in [3.8, 4) is 11.5 Å². The first kappa shape index (κ1) is 26.1. The molecule has 1 unspecified atom stereocenters. The van der Waals surface area contributed by atoms with Crippen LogP contribution in [0.1, 0.15) is 59.3 Å². The Labute approximate surface area is 228 Å². The van der Waals surface area contributed by atoms with Crippen molar-refractivity contribution < 1.29 is 19.0 Å². The van der Waals surface area contributed by atoms with Gasteiger partial charge in [0.25, 0.3) is 0 Å². The van der Waals surface area contributed by atoms with Gasteiger partial charge in [0, 0.05) is 33.6 Å². The lowest BCUT2D eigenvalue weighted by Crippen LogP contribution is -2.45. The molecule has 38 heavy (non-hydrogen) atoms. The molecule has 1 aliphatic rings. The third-order valence-corrected chi connectivity index (χ3v) is 7.74. The number of aromatic amines is 1. The molecule has 2 atom stereocenters. The van der Waals surface area contributed by atoms with Crippen molar-refractivity contribution in [1.29, 1.82) is 0 Å². The number of ether oxygens (including phenoxy) is 3. The molecule has 1 aromatic heterocycles. The minimum atomic E-state index is -0.454. The van der Waals surface area contributed by atoms with Crippen LogP contribution < -0.4 is 14.8 Å². The number of aryl methyl sites for hydroxylation is 1. The fourth-order valence-corrected chi connectivity index (χ4v) is 5.46. The zero-order valence-corrected chi connectivity index (χ0v) is 23.1. The number of esters is 1. The van der Waals surface area contributed by atoms with Crippen molar-refractivity contribution in [3.63, 3.8) is 0 Å². The molecule has 0 saturated heterocycles. The highest BCUT2D eigenvalue weighted by molar-refractivity contribution is 6.31. The highest BCUT2D eigenvalue weighted by Crippen LogP contribution is 2.38. The van der Waals surface area contributed by atoms with E-state index in [2.05, 4.69) is 42.3 Å². The van der Waals surface area contributed by atoms with E-state index < -0.39 is 6.04 Å². The normalized spacial score (nSPS) is 16.9. The lowest BCUT2D eigenvalue weighted by molar-refractivity contribution is -0.143. The minimum Gasteiger partial charge on any atom is -0.496 e. The van der Waals surface area contributed by atoms with E-state index in [4.69, 9.17) is 25.8 Å². The van der Waals surface area contributed by atoms with E-state index in [-0.39, 0.29) is 17.9 Å². The number of benzene rings is 3. The number of H-pyrrole nitrogens is 1. The molecule has 2 N–H and O–H groups in total. The molecule has 0 spiro atoms. The van der Waals surface area contributed by atoms with Crippen LogP contribution in [0.3, 0.4) is 0 Å². The molecule has 2 heterocycles. The van der Waals surface area contributed by atoms with E-state index in [1.807, 2.05) is 43.3 Å². The predicted octanol–water partition coefficient (Wildman–Crippen LogP) is 6.62. The van der Waals surface area contributed by atoms with Crippen LogP contribution in [0.2, 0.25) is 5.02 Å². The molecule has 0 fully saturated rings. The molecular formula is C31H33ClN2O4. The van der Waals surface area contributed by atoms with Gasteiger partial charge in [-0.15, -0.1) is 0 Å². The third kappa shape index (κ3) is 4.86. The fraction of sp³-hybridized carbons (Fsp3) is 0.323. The van der Waals surface area contributed by atoms with Gasteiger partial charge in [0.2, 0.25) is 0 Å². The molecule has 5 rings (SSSR count). The smallest absolute Gasteiger partial charge is 0.323 e. The molecule has 3 aromatic carbocycles. The lowest BCUT2D eigenvalue weighted by Gasteiger charge is -2.30. The first-order valence-electron chi connectivity index (χ1n) is 12.8. The summed E-state index contributed by atoms with van der Waals surface area (Å²) in [5.41, 5.74) is 7.18. The van der Waals surface area contributed by atoms with Crippen molar-refractivity contribution in [3.05, 3.63) is 93.1 Å². The van der Waals surface area contributed by atoms with Crippen LogP contribution in [0.4, 0.5) is 0 Å². The van der Waals surface area contributed by atoms with Gasteiger partial charge in [-0.3, -0.25) is 10.1 Å². The summed E-state index contributed by atoms with van der Waals surface area (Å²) in [4.78, 5) is 16.2. The Morgan fingerprint density at radius 1 is 1.08 bits per heavy atom. The summed E-state index contributed by atoms with van der Waals surface area (Å²) >= 11 is 6.40. The van der Waals surface area contributed by atoms with Gasteiger partial charge in [-0.1, -0.05) is 49.7 Å². The maximum atomic E-state index is 12.6. The van der Waals surface area contributed by atoms with Gasteiger partial charge in [0.1, 0.15) is 24.1 Å². The number of fused-ring (bicyclic) bond motifs is 3. The average molecular weight is 533 g/mol. The number of rotatable bonds is 7. The highest BCUT2D eigenvalue weighted by Gasteiger charge is 2.34. The van der Waals surface area contributed by atoms with Crippen LogP contribution in [0, 0.1) is 6.92 Å². The van der Waals surface area contributed by atoms with Gasteiger partial charge in [-0.2, -0.15) is 0 Å². The zero-order chi connectivity index (χ0) is 27.0. The second kappa shape index (κ2) is 10.7. The molecule has 0 aliphatic carbocycles. The van der Waals surface area contributed by atoms with E-state index in [0.29, 0.717) is 13.0 Å². The lowest BCUT2D eigenvalue weighted by atomic mass is 9.89. The zero-order valence-electron chi connectivity index (χ0n) is 22.4. The largest absolute Gasteiger partial charge is 0.496 e. The Morgan fingerprint density at radius 3 is 2.61 bits per heavy atom. The number of hydrogen-bond acceptors (Lipinski definition) is 5. The summed E-state index contributed by atoms with van der Waals surface area (Å²) in [6.45, 7) is 6.55. The Kier molecular flexibility index (Phi) is 7.37. The number of carbonyl (C=O) groups is 1. The van der Waals surface area contributed by atoms with Crippen molar-refractivity contribution in [1.82, 2.24) is 10.3 Å². The van der Waals surface area contributed by atoms with Crippen molar-refractivity contribution in [2.45, 2.75) is 51.8 Å². The van der Waals surface area contributed by atoms with Crippen molar-refractivity contribution >= 4 is 28.5 Å². The maximum Gasteiger partial charge on any atom is 0.323 e. The summed E-state index contributed by atoms with van der Waals surface area (Å²) in [6.07, 6.45) is 0.558. The van der Waals surface area contributed by atoms with Crippen molar-refractivity contribution in [2.75, 3.05) is 14.2 Å². The van der Waals surface area contributed by atoms with E-state index >= 15 is 0 Å². The van der Waals surface area contributed by atoms with E-state index in [9.17, 15) is 4.79 Å². The molecule has 7 heteroatoms. The number of aromatic nitrogens is 1. The van der Waals surface area contributed by atoms with Crippen LogP contribution >= 0.6 is 11.6 Å².